The van der Waals surface area contributed by atoms with E-state index >= 15 is 0 Å². The van der Waals surface area contributed by atoms with Crippen LogP contribution in [0.5, 0.6) is 5.75 Å². The molecule has 0 spiro atoms. The number of nitriles is 1. The van der Waals surface area contributed by atoms with Gasteiger partial charge in [-0.3, -0.25) is 4.79 Å². The van der Waals surface area contributed by atoms with Gasteiger partial charge in [-0.15, -0.1) is 0 Å². The summed E-state index contributed by atoms with van der Waals surface area (Å²) < 4.78 is 14.9. The first-order valence-corrected chi connectivity index (χ1v) is 13.1. The summed E-state index contributed by atoms with van der Waals surface area (Å²) in [6, 6.07) is 8.17. The van der Waals surface area contributed by atoms with Crippen molar-refractivity contribution in [1.29, 1.82) is 5.26 Å². The highest BCUT2D eigenvalue weighted by atomic mass is 16.5. The van der Waals surface area contributed by atoms with Crippen LogP contribution >= 0.6 is 0 Å². The van der Waals surface area contributed by atoms with Gasteiger partial charge in [-0.25, -0.2) is 14.5 Å². The number of anilines is 1. The quantitative estimate of drug-likeness (QED) is 0.308. The van der Waals surface area contributed by atoms with Crippen LogP contribution < -0.4 is 9.64 Å². The lowest BCUT2D eigenvalue weighted by Gasteiger charge is -2.39. The number of hydrogen-bond acceptors (Lipinski definition) is 8. The van der Waals surface area contributed by atoms with E-state index in [1.807, 2.05) is 56.1 Å². The molecule has 5 rings (SSSR count). The Bertz CT molecular complexity index is 1510. The van der Waals surface area contributed by atoms with Gasteiger partial charge < -0.3 is 18.9 Å². The molecule has 1 saturated heterocycles. The van der Waals surface area contributed by atoms with E-state index in [1.54, 1.807) is 23.2 Å². The summed E-state index contributed by atoms with van der Waals surface area (Å²) in [6.07, 6.45) is 10.9. The Morgan fingerprint density at radius 2 is 1.97 bits per heavy atom. The number of aryl methyl sites for hydroxylation is 1. The molecule has 202 valence electrons. The molecule has 1 fully saturated rings. The molecule has 0 N–H and O–H groups in total. The van der Waals surface area contributed by atoms with E-state index in [2.05, 4.69) is 28.0 Å². The van der Waals surface area contributed by atoms with E-state index in [1.165, 1.54) is 0 Å². The van der Waals surface area contributed by atoms with Crippen molar-refractivity contribution in [2.45, 2.75) is 52.7 Å². The smallest absolute Gasteiger partial charge is 0.306 e. The summed E-state index contributed by atoms with van der Waals surface area (Å²) >= 11 is 0. The topological polar surface area (TPSA) is 111 Å². The number of hydrogen-bond donors (Lipinski definition) is 0. The number of aromatic nitrogens is 5. The van der Waals surface area contributed by atoms with Gasteiger partial charge in [0.1, 0.15) is 24.2 Å². The summed E-state index contributed by atoms with van der Waals surface area (Å²) in [6.45, 7) is 7.87. The molecular weight excluding hydrogens is 494 g/mol. The number of imidazole rings is 1. The molecule has 0 atom stereocenters. The highest BCUT2D eigenvalue weighted by molar-refractivity contribution is 5.85. The van der Waals surface area contributed by atoms with Crippen molar-refractivity contribution in [2.24, 2.45) is 12.5 Å². The van der Waals surface area contributed by atoms with Crippen LogP contribution in [0, 0.1) is 16.7 Å². The van der Waals surface area contributed by atoms with Crippen molar-refractivity contribution >= 4 is 17.3 Å². The first kappa shape index (κ1) is 26.2. The SMILES string of the molecule is CC(C)OC(=O)CC1(C)CCN(c2ccc(-c3cc(OCc4cn(C)cn4)cn4ncc(C#N)c34)cn2)CC1. The molecule has 5 heterocycles. The second-order valence-electron chi connectivity index (χ2n) is 10.8. The Labute approximate surface area is 227 Å². The number of piperidine rings is 1. The summed E-state index contributed by atoms with van der Waals surface area (Å²) in [5, 5.41) is 14.0. The zero-order valence-electron chi connectivity index (χ0n) is 22.8. The Morgan fingerprint density at radius 3 is 2.62 bits per heavy atom. The predicted molar refractivity (Wildman–Crippen MR) is 146 cm³/mol. The molecule has 10 nitrogen and oxygen atoms in total. The second-order valence-corrected chi connectivity index (χ2v) is 10.8. The van der Waals surface area contributed by atoms with E-state index < -0.39 is 0 Å². The van der Waals surface area contributed by atoms with Crippen LogP contribution in [0.25, 0.3) is 16.6 Å². The third kappa shape index (κ3) is 5.87. The number of rotatable bonds is 8. The molecular formula is C29H33N7O3. The zero-order valence-corrected chi connectivity index (χ0v) is 22.8. The van der Waals surface area contributed by atoms with E-state index in [9.17, 15) is 10.1 Å². The van der Waals surface area contributed by atoms with Gasteiger partial charge in [-0.1, -0.05) is 6.92 Å². The Balaban J connectivity index is 1.33. The van der Waals surface area contributed by atoms with Gasteiger partial charge in [0.25, 0.3) is 0 Å². The van der Waals surface area contributed by atoms with Gasteiger partial charge in [-0.2, -0.15) is 10.4 Å². The molecule has 0 aromatic carbocycles. The molecule has 0 radical (unpaired) electrons. The van der Waals surface area contributed by atoms with Gasteiger partial charge in [0.15, 0.2) is 0 Å². The summed E-state index contributed by atoms with van der Waals surface area (Å²) in [7, 11) is 1.91. The normalized spacial score (nSPS) is 14.9. The molecule has 0 aliphatic carbocycles. The molecule has 0 amide bonds. The number of fused-ring (bicyclic) bond motifs is 1. The molecule has 0 bridgehead atoms. The largest absolute Gasteiger partial charge is 0.486 e. The number of esters is 1. The zero-order chi connectivity index (χ0) is 27.6. The molecule has 0 saturated carbocycles. The Kier molecular flexibility index (Phi) is 7.24. The lowest BCUT2D eigenvalue weighted by Crippen LogP contribution is -2.40. The lowest BCUT2D eigenvalue weighted by atomic mass is 9.77. The molecule has 4 aromatic heterocycles. The van der Waals surface area contributed by atoms with E-state index in [4.69, 9.17) is 14.5 Å². The Hall–Kier alpha value is -4.39. The van der Waals surface area contributed by atoms with E-state index in [0.717, 1.165) is 48.6 Å². The Morgan fingerprint density at radius 1 is 1.18 bits per heavy atom. The van der Waals surface area contributed by atoms with Crippen LogP contribution in [-0.4, -0.2) is 49.3 Å². The molecule has 1 aliphatic rings. The van der Waals surface area contributed by atoms with Crippen molar-refractivity contribution in [3.63, 3.8) is 0 Å². The van der Waals surface area contributed by atoms with Crippen LogP contribution in [0.4, 0.5) is 5.82 Å². The number of nitrogens with zero attached hydrogens (tertiary/aromatic N) is 7. The minimum absolute atomic E-state index is 0.0700. The summed E-state index contributed by atoms with van der Waals surface area (Å²) in [5.74, 6) is 1.38. The van der Waals surface area contributed by atoms with Gasteiger partial charge in [0, 0.05) is 43.7 Å². The van der Waals surface area contributed by atoms with Crippen LogP contribution in [0.3, 0.4) is 0 Å². The fourth-order valence-corrected chi connectivity index (χ4v) is 5.01. The minimum atomic E-state index is -0.127. The van der Waals surface area contributed by atoms with Crippen LogP contribution in [-0.2, 0) is 23.2 Å². The van der Waals surface area contributed by atoms with E-state index in [0.29, 0.717) is 29.9 Å². The highest BCUT2D eigenvalue weighted by Crippen LogP contribution is 2.37. The molecule has 4 aromatic rings. The number of carbonyl (C=O) groups excluding carboxylic acids is 1. The first-order chi connectivity index (χ1) is 18.7. The van der Waals surface area contributed by atoms with Crippen LogP contribution in [0.2, 0.25) is 0 Å². The van der Waals surface area contributed by atoms with Crippen molar-refractivity contribution in [3.8, 4) is 22.9 Å². The molecule has 39 heavy (non-hydrogen) atoms. The summed E-state index contributed by atoms with van der Waals surface area (Å²) in [4.78, 5) is 23.6. The van der Waals surface area contributed by atoms with Gasteiger partial charge in [0.2, 0.25) is 0 Å². The second kappa shape index (κ2) is 10.8. The van der Waals surface area contributed by atoms with Crippen molar-refractivity contribution in [2.75, 3.05) is 18.0 Å². The maximum absolute atomic E-state index is 12.2. The average Bonchev–Trinajstić information content (AvgIpc) is 3.52. The van der Waals surface area contributed by atoms with Crippen molar-refractivity contribution < 1.29 is 14.3 Å². The van der Waals surface area contributed by atoms with Crippen LogP contribution in [0.15, 0.2) is 49.3 Å². The fraction of sp³-hybridized carbons (Fsp3) is 0.414. The standard InChI is InChI=1S/C29H33N7O3/c1-20(2)39-27(37)12-29(3)7-9-35(10-8-29)26-6-5-21(14-31-26)25-11-24(38-18-23-16-34(4)19-32-23)17-36-28(25)22(13-30)15-33-36/h5-6,11,14-17,19-20H,7-10,12,18H2,1-4H3. The maximum Gasteiger partial charge on any atom is 0.306 e. The summed E-state index contributed by atoms with van der Waals surface area (Å²) in [5.41, 5.74) is 3.62. The van der Waals surface area contributed by atoms with Gasteiger partial charge in [0.05, 0.1) is 48.0 Å². The molecule has 10 heteroatoms. The monoisotopic (exact) mass is 527 g/mol. The highest BCUT2D eigenvalue weighted by Gasteiger charge is 2.33. The van der Waals surface area contributed by atoms with Gasteiger partial charge in [-0.05, 0) is 50.3 Å². The van der Waals surface area contributed by atoms with Gasteiger partial charge >= 0.3 is 5.97 Å². The number of pyridine rings is 2. The first-order valence-electron chi connectivity index (χ1n) is 13.1. The number of carbonyl (C=O) groups is 1. The third-order valence-corrected chi connectivity index (χ3v) is 7.14. The minimum Gasteiger partial charge on any atom is -0.486 e. The molecule has 0 unspecified atom stereocenters. The maximum atomic E-state index is 12.2. The lowest BCUT2D eigenvalue weighted by molar-refractivity contribution is -0.150. The number of ether oxygens (including phenoxy) is 2. The third-order valence-electron chi connectivity index (χ3n) is 7.14. The van der Waals surface area contributed by atoms with E-state index in [-0.39, 0.29) is 17.5 Å². The van der Waals surface area contributed by atoms with Crippen molar-refractivity contribution in [3.05, 3.63) is 60.6 Å². The molecule has 1 aliphatic heterocycles. The fourth-order valence-electron chi connectivity index (χ4n) is 5.01. The predicted octanol–water partition coefficient (Wildman–Crippen LogP) is 4.53. The average molecular weight is 528 g/mol. The van der Waals surface area contributed by atoms with Crippen LogP contribution in [0.1, 0.15) is 51.3 Å². The van der Waals surface area contributed by atoms with Crippen molar-refractivity contribution in [1.82, 2.24) is 24.1 Å².